The third-order valence-electron chi connectivity index (χ3n) is 1.95. The van der Waals surface area contributed by atoms with E-state index in [2.05, 4.69) is 31.5 Å². The van der Waals surface area contributed by atoms with E-state index in [1.165, 1.54) is 0 Å². The molecule has 1 aliphatic rings. The number of nitrogens with two attached hydrogens (primary N) is 1. The summed E-state index contributed by atoms with van der Waals surface area (Å²) in [6.07, 6.45) is 1.62. The molecule has 0 aliphatic carbocycles. The summed E-state index contributed by atoms with van der Waals surface area (Å²) >= 11 is 3.30. The van der Waals surface area contributed by atoms with E-state index in [0.717, 1.165) is 10.2 Å². The van der Waals surface area contributed by atoms with E-state index in [9.17, 15) is 4.79 Å². The van der Waals surface area contributed by atoms with E-state index in [1.54, 1.807) is 6.20 Å². The van der Waals surface area contributed by atoms with Crippen molar-refractivity contribution in [1.82, 2.24) is 4.98 Å². The van der Waals surface area contributed by atoms with Crippen LogP contribution in [-0.4, -0.2) is 23.5 Å². The molecule has 14 heavy (non-hydrogen) atoms. The van der Waals surface area contributed by atoms with Crippen molar-refractivity contribution >= 4 is 33.3 Å². The second-order valence-electron chi connectivity index (χ2n) is 3.03. The van der Waals surface area contributed by atoms with Crippen molar-refractivity contribution in [2.75, 3.05) is 17.2 Å². The van der Waals surface area contributed by atoms with Gasteiger partial charge in [0.2, 0.25) is 5.91 Å². The minimum Gasteiger partial charge on any atom is -0.380 e. The molecule has 0 aromatic carbocycles. The predicted molar refractivity (Wildman–Crippen MR) is 57.0 cm³/mol. The number of rotatable bonds is 0. The van der Waals surface area contributed by atoms with E-state index >= 15 is 0 Å². The molecule has 0 saturated carbocycles. The highest BCUT2D eigenvalue weighted by molar-refractivity contribution is 9.10. The first kappa shape index (κ1) is 9.42. The molecule has 0 fully saturated rings. The van der Waals surface area contributed by atoms with Crippen LogP contribution in [-0.2, 0) is 4.79 Å². The smallest absolute Gasteiger partial charge is 0.244 e. The van der Waals surface area contributed by atoms with Crippen LogP contribution in [0, 0.1) is 0 Å². The number of hydrogen-bond acceptors (Lipinski definition) is 4. The van der Waals surface area contributed by atoms with Crippen LogP contribution in [0.3, 0.4) is 0 Å². The molecular formula is C8H9BrN4O. The Hall–Kier alpha value is -1.14. The number of amides is 1. The summed E-state index contributed by atoms with van der Waals surface area (Å²) in [6.45, 7) is 0.414. The quantitative estimate of drug-likeness (QED) is 0.633. The highest BCUT2D eigenvalue weighted by atomic mass is 79.9. The van der Waals surface area contributed by atoms with Gasteiger partial charge in [0.1, 0.15) is 6.04 Å². The molecule has 74 valence electrons. The van der Waals surface area contributed by atoms with E-state index in [1.807, 2.05) is 6.07 Å². The molecule has 4 N–H and O–H groups in total. The first-order valence-electron chi connectivity index (χ1n) is 4.12. The molecule has 1 unspecified atom stereocenters. The second-order valence-corrected chi connectivity index (χ2v) is 3.94. The van der Waals surface area contributed by atoms with Crippen molar-refractivity contribution in [3.05, 3.63) is 16.7 Å². The van der Waals surface area contributed by atoms with Crippen molar-refractivity contribution in [3.63, 3.8) is 0 Å². The highest BCUT2D eigenvalue weighted by Crippen LogP contribution is 2.24. The summed E-state index contributed by atoms with van der Waals surface area (Å²) in [5.41, 5.74) is 6.36. The first-order chi connectivity index (χ1) is 6.66. The van der Waals surface area contributed by atoms with Gasteiger partial charge in [-0.05, 0) is 22.0 Å². The maximum absolute atomic E-state index is 11.3. The molecule has 0 spiro atoms. The van der Waals surface area contributed by atoms with Gasteiger partial charge in [0.15, 0.2) is 5.82 Å². The number of fused-ring (bicyclic) bond motifs is 1. The average molecular weight is 257 g/mol. The number of halogens is 1. The third kappa shape index (κ3) is 1.71. The van der Waals surface area contributed by atoms with E-state index < -0.39 is 6.04 Å². The van der Waals surface area contributed by atoms with Gasteiger partial charge < -0.3 is 16.4 Å². The van der Waals surface area contributed by atoms with E-state index in [0.29, 0.717) is 12.4 Å². The maximum Gasteiger partial charge on any atom is 0.244 e. The lowest BCUT2D eigenvalue weighted by atomic mass is 10.3. The molecule has 0 bridgehead atoms. The predicted octanol–water partition coefficient (Wildman–Crippen LogP) is 0.535. The Bertz CT molecular complexity index is 382. The molecule has 0 radical (unpaired) electrons. The maximum atomic E-state index is 11.3. The van der Waals surface area contributed by atoms with Crippen molar-refractivity contribution < 1.29 is 4.79 Å². The molecule has 1 aliphatic heterocycles. The number of anilines is 2. The summed E-state index contributed by atoms with van der Waals surface area (Å²) < 4.78 is 0.855. The molecule has 6 heteroatoms. The van der Waals surface area contributed by atoms with Crippen molar-refractivity contribution in [1.29, 1.82) is 0 Å². The zero-order chi connectivity index (χ0) is 10.1. The number of hydrogen-bond donors (Lipinski definition) is 3. The molecule has 1 amide bonds. The van der Waals surface area contributed by atoms with Crippen LogP contribution in [0.5, 0.6) is 0 Å². The van der Waals surface area contributed by atoms with Gasteiger partial charge >= 0.3 is 0 Å². The van der Waals surface area contributed by atoms with Gasteiger partial charge in [-0.2, -0.15) is 0 Å². The van der Waals surface area contributed by atoms with E-state index in [-0.39, 0.29) is 5.91 Å². The lowest BCUT2D eigenvalue weighted by Crippen LogP contribution is -2.39. The molecule has 1 aromatic heterocycles. The number of carbonyl (C=O) groups excluding carboxylic acids is 1. The lowest BCUT2D eigenvalue weighted by molar-refractivity contribution is -0.117. The minimum atomic E-state index is -0.539. The largest absolute Gasteiger partial charge is 0.380 e. The van der Waals surface area contributed by atoms with Crippen molar-refractivity contribution in [2.45, 2.75) is 6.04 Å². The molecule has 1 atom stereocenters. The molecule has 0 saturated heterocycles. The van der Waals surface area contributed by atoms with Crippen LogP contribution in [0.1, 0.15) is 0 Å². The van der Waals surface area contributed by atoms with Gasteiger partial charge in [-0.1, -0.05) is 0 Å². The van der Waals surface area contributed by atoms with Gasteiger partial charge in [-0.25, -0.2) is 4.98 Å². The zero-order valence-electron chi connectivity index (χ0n) is 7.25. The number of carbonyl (C=O) groups is 1. The fourth-order valence-corrected chi connectivity index (χ4v) is 1.53. The van der Waals surface area contributed by atoms with Gasteiger partial charge in [-0.3, -0.25) is 4.79 Å². The van der Waals surface area contributed by atoms with Crippen LogP contribution in [0.15, 0.2) is 16.7 Å². The summed E-state index contributed by atoms with van der Waals surface area (Å²) in [5.74, 6) is 0.303. The van der Waals surface area contributed by atoms with Crippen LogP contribution in [0.4, 0.5) is 11.5 Å². The number of pyridine rings is 1. The molecule has 2 rings (SSSR count). The van der Waals surface area contributed by atoms with Crippen molar-refractivity contribution in [3.8, 4) is 0 Å². The molecule has 1 aromatic rings. The Kier molecular flexibility index (Phi) is 2.39. The topological polar surface area (TPSA) is 80.0 Å². The second kappa shape index (κ2) is 3.55. The summed E-state index contributed by atoms with van der Waals surface area (Å²) in [5, 5.41) is 5.69. The van der Waals surface area contributed by atoms with Crippen LogP contribution >= 0.6 is 15.9 Å². The summed E-state index contributed by atoms with van der Waals surface area (Å²) in [4.78, 5) is 15.4. The fourth-order valence-electron chi connectivity index (χ4n) is 1.20. The number of nitrogens with zero attached hydrogens (tertiary/aromatic N) is 1. The lowest BCUT2D eigenvalue weighted by Gasteiger charge is -2.05. The zero-order valence-corrected chi connectivity index (χ0v) is 8.84. The number of nitrogens with one attached hydrogen (secondary N) is 2. The first-order valence-corrected chi connectivity index (χ1v) is 4.92. The standard InChI is InChI=1S/C8H9BrN4O/c9-4-1-6-7(12-2-4)13-8(14)5(10)3-11-6/h1-2,5,11H,3,10H2,(H,12,13,14). The Morgan fingerprint density at radius 2 is 2.43 bits per heavy atom. The highest BCUT2D eigenvalue weighted by Gasteiger charge is 2.20. The van der Waals surface area contributed by atoms with Gasteiger partial charge in [-0.15, -0.1) is 0 Å². The third-order valence-corrected chi connectivity index (χ3v) is 2.38. The summed E-state index contributed by atoms with van der Waals surface area (Å²) in [7, 11) is 0. The van der Waals surface area contributed by atoms with Gasteiger partial charge in [0.25, 0.3) is 0 Å². The molecule has 2 heterocycles. The Morgan fingerprint density at radius 1 is 1.64 bits per heavy atom. The van der Waals surface area contributed by atoms with Gasteiger partial charge in [0.05, 0.1) is 5.69 Å². The van der Waals surface area contributed by atoms with Crippen molar-refractivity contribution in [2.24, 2.45) is 5.73 Å². The van der Waals surface area contributed by atoms with Crippen LogP contribution < -0.4 is 16.4 Å². The summed E-state index contributed by atoms with van der Waals surface area (Å²) in [6, 6.07) is 1.31. The fraction of sp³-hybridized carbons (Fsp3) is 0.250. The molecule has 5 nitrogen and oxygen atoms in total. The van der Waals surface area contributed by atoms with Crippen LogP contribution in [0.2, 0.25) is 0 Å². The Balaban J connectivity index is 2.37. The average Bonchev–Trinajstić information content (AvgIpc) is 2.29. The van der Waals surface area contributed by atoms with E-state index in [4.69, 9.17) is 5.73 Å². The van der Waals surface area contributed by atoms with Crippen LogP contribution in [0.25, 0.3) is 0 Å². The Morgan fingerprint density at radius 3 is 3.21 bits per heavy atom. The minimum absolute atomic E-state index is 0.217. The molecular weight excluding hydrogens is 248 g/mol. The Labute approximate surface area is 89.2 Å². The monoisotopic (exact) mass is 256 g/mol. The van der Waals surface area contributed by atoms with Gasteiger partial charge in [0, 0.05) is 17.2 Å². The number of aromatic nitrogens is 1. The SMILES string of the molecule is NC1CNc2cc(Br)cnc2NC1=O. The normalized spacial score (nSPS) is 20.4.